The molecule has 1 aliphatic carbocycles. The lowest BCUT2D eigenvalue weighted by atomic mass is 9.82. The molecule has 0 bridgehead atoms. The standard InChI is InChI=1S/C66H72N2O6/c1-9-11-40-64(3,4)73-62(69)71-42-18-17-19-46-24-31-50(32-25-46)67(53-37-38-55-54-20-13-15-22-58(54)66(7,8)59(55)44-53)51-35-28-48(29-36-51)49-30-39-61-57(43-49)56-21-14-16-23-60(56)68(61)52-33-26-47(27-34-52)45-72-63(70)74-65(5,6)41-12-10-2/h13-16,20-39,43-44H,9-12,17-19,40-42,45H2,1-8H3. The van der Waals surface area contributed by atoms with E-state index in [-0.39, 0.29) is 12.0 Å². The van der Waals surface area contributed by atoms with Gasteiger partial charge in [-0.15, -0.1) is 0 Å². The van der Waals surface area contributed by atoms with Gasteiger partial charge in [0, 0.05) is 38.9 Å². The molecule has 1 heterocycles. The first-order valence-corrected chi connectivity index (χ1v) is 26.7. The third-order valence-corrected chi connectivity index (χ3v) is 14.8. The number of carbonyl (C=O) groups is 2. The largest absolute Gasteiger partial charge is 0.509 e. The molecule has 0 N–H and O–H groups in total. The molecular formula is C66H72N2O6. The molecule has 0 saturated carbocycles. The van der Waals surface area contributed by atoms with E-state index < -0.39 is 23.5 Å². The number of hydrogen-bond donors (Lipinski definition) is 0. The molecule has 0 fully saturated rings. The van der Waals surface area contributed by atoms with Crippen LogP contribution in [0.2, 0.25) is 0 Å². The van der Waals surface area contributed by atoms with Crippen LogP contribution in [0.3, 0.4) is 0 Å². The van der Waals surface area contributed by atoms with Crippen molar-refractivity contribution in [1.29, 1.82) is 0 Å². The summed E-state index contributed by atoms with van der Waals surface area (Å²) in [6.45, 7) is 17.1. The number of rotatable bonds is 20. The van der Waals surface area contributed by atoms with Crippen LogP contribution < -0.4 is 4.90 Å². The first-order chi connectivity index (χ1) is 35.6. The van der Waals surface area contributed by atoms with Crippen LogP contribution in [0.25, 0.3) is 49.7 Å². The van der Waals surface area contributed by atoms with Crippen LogP contribution in [0.1, 0.15) is 129 Å². The number of fused-ring (bicyclic) bond motifs is 6. The average molecular weight is 989 g/mol. The van der Waals surface area contributed by atoms with Crippen LogP contribution in [0.4, 0.5) is 26.7 Å². The third-order valence-electron chi connectivity index (χ3n) is 14.8. The van der Waals surface area contributed by atoms with E-state index in [1.54, 1.807) is 0 Å². The number of unbranched alkanes of at least 4 members (excludes halogenated alkanes) is 3. The van der Waals surface area contributed by atoms with E-state index in [2.05, 4.69) is 183 Å². The number of ether oxygens (including phenoxy) is 4. The highest BCUT2D eigenvalue weighted by Crippen LogP contribution is 2.51. The summed E-state index contributed by atoms with van der Waals surface area (Å²) in [5.74, 6) is 0. The predicted octanol–water partition coefficient (Wildman–Crippen LogP) is 18.3. The van der Waals surface area contributed by atoms with E-state index in [0.29, 0.717) is 6.61 Å². The van der Waals surface area contributed by atoms with Crippen molar-refractivity contribution in [2.45, 2.75) is 136 Å². The van der Waals surface area contributed by atoms with Crippen LogP contribution in [0.15, 0.2) is 158 Å². The van der Waals surface area contributed by atoms with Gasteiger partial charge in [0.2, 0.25) is 0 Å². The molecule has 1 aromatic heterocycles. The van der Waals surface area contributed by atoms with Gasteiger partial charge in [-0.3, -0.25) is 0 Å². The Balaban J connectivity index is 0.948. The topological polar surface area (TPSA) is 79.2 Å². The second-order valence-corrected chi connectivity index (χ2v) is 21.7. The second kappa shape index (κ2) is 22.0. The number of para-hydroxylation sites is 1. The minimum absolute atomic E-state index is 0.139. The number of aromatic nitrogens is 1. The summed E-state index contributed by atoms with van der Waals surface area (Å²) >= 11 is 0. The van der Waals surface area contributed by atoms with E-state index >= 15 is 0 Å². The quantitative estimate of drug-likeness (QED) is 0.0556. The molecule has 0 radical (unpaired) electrons. The van der Waals surface area contributed by atoms with E-state index in [9.17, 15) is 9.59 Å². The lowest BCUT2D eigenvalue weighted by Gasteiger charge is -2.28. The maximum Gasteiger partial charge on any atom is 0.509 e. The molecule has 0 aliphatic heterocycles. The fraction of sp³-hybridized carbons (Fsp3) is 0.333. The van der Waals surface area contributed by atoms with Gasteiger partial charge in [0.15, 0.2) is 0 Å². The van der Waals surface area contributed by atoms with E-state index in [4.69, 9.17) is 18.9 Å². The molecule has 0 saturated heterocycles. The number of nitrogens with zero attached hydrogens (tertiary/aromatic N) is 2. The Morgan fingerprint density at radius 2 is 1.09 bits per heavy atom. The Hall–Kier alpha value is -7.32. The van der Waals surface area contributed by atoms with Gasteiger partial charge in [-0.05, 0) is 184 Å². The number of hydrogen-bond acceptors (Lipinski definition) is 7. The van der Waals surface area contributed by atoms with Crippen molar-refractivity contribution >= 4 is 51.2 Å². The maximum absolute atomic E-state index is 12.6. The fourth-order valence-electron chi connectivity index (χ4n) is 10.6. The lowest BCUT2D eigenvalue weighted by Crippen LogP contribution is -2.28. The number of benzene rings is 7. The van der Waals surface area contributed by atoms with Crippen molar-refractivity contribution in [3.05, 3.63) is 180 Å². The molecule has 1 aliphatic rings. The van der Waals surface area contributed by atoms with Gasteiger partial charge in [0.25, 0.3) is 0 Å². The Kier molecular flexibility index (Phi) is 15.4. The summed E-state index contributed by atoms with van der Waals surface area (Å²) in [7, 11) is 0. The molecule has 8 aromatic rings. The molecule has 74 heavy (non-hydrogen) atoms. The van der Waals surface area contributed by atoms with Gasteiger partial charge in [-0.2, -0.15) is 0 Å². The molecule has 0 unspecified atom stereocenters. The Morgan fingerprint density at radius 3 is 1.78 bits per heavy atom. The molecule has 7 aromatic carbocycles. The van der Waals surface area contributed by atoms with Crippen molar-refractivity contribution in [1.82, 2.24) is 4.57 Å². The monoisotopic (exact) mass is 989 g/mol. The Morgan fingerprint density at radius 1 is 0.527 bits per heavy atom. The van der Waals surface area contributed by atoms with Gasteiger partial charge in [-0.25, -0.2) is 9.59 Å². The normalized spacial score (nSPS) is 12.9. The van der Waals surface area contributed by atoms with Crippen molar-refractivity contribution in [3.63, 3.8) is 0 Å². The zero-order valence-electron chi connectivity index (χ0n) is 44.6. The zero-order chi connectivity index (χ0) is 52.0. The Labute approximate surface area is 438 Å². The number of carbonyl (C=O) groups excluding carboxylic acids is 2. The van der Waals surface area contributed by atoms with Crippen molar-refractivity contribution < 1.29 is 28.5 Å². The minimum atomic E-state index is -0.643. The molecule has 0 atom stereocenters. The molecule has 0 spiro atoms. The molecule has 382 valence electrons. The summed E-state index contributed by atoms with van der Waals surface area (Å²) in [4.78, 5) is 27.3. The summed E-state index contributed by atoms with van der Waals surface area (Å²) < 4.78 is 24.5. The molecule has 0 amide bonds. The van der Waals surface area contributed by atoms with Gasteiger partial charge in [0.1, 0.15) is 17.8 Å². The van der Waals surface area contributed by atoms with Gasteiger partial charge < -0.3 is 28.4 Å². The summed E-state index contributed by atoms with van der Waals surface area (Å²) in [5.41, 5.74) is 14.9. The van der Waals surface area contributed by atoms with Crippen LogP contribution in [-0.2, 0) is 37.4 Å². The Bertz CT molecular complexity index is 3240. The van der Waals surface area contributed by atoms with Crippen molar-refractivity contribution in [2.75, 3.05) is 11.5 Å². The van der Waals surface area contributed by atoms with Crippen LogP contribution >= 0.6 is 0 Å². The molecular weight excluding hydrogens is 917 g/mol. The summed E-state index contributed by atoms with van der Waals surface area (Å²) in [6.07, 6.45) is 7.01. The maximum atomic E-state index is 12.6. The zero-order valence-corrected chi connectivity index (χ0v) is 44.6. The SMILES string of the molecule is CCCCC(C)(C)OC(=O)OCCCCc1ccc(N(c2ccc(-c3ccc4c(c3)c3ccccc3n4-c3ccc(COC(=O)OC(C)(C)CCCC)cc3)cc2)c2ccc3c(c2)C(C)(C)c2ccccc2-3)cc1. The fourth-order valence-corrected chi connectivity index (χ4v) is 10.6. The third kappa shape index (κ3) is 11.4. The predicted molar refractivity (Wildman–Crippen MR) is 302 cm³/mol. The van der Waals surface area contributed by atoms with Gasteiger partial charge in [0.05, 0.1) is 17.6 Å². The lowest BCUT2D eigenvalue weighted by molar-refractivity contribution is -0.0248. The van der Waals surface area contributed by atoms with Gasteiger partial charge in [-0.1, -0.05) is 132 Å². The number of aryl methyl sites for hydroxylation is 1. The van der Waals surface area contributed by atoms with E-state index in [0.717, 1.165) is 108 Å². The molecule has 8 nitrogen and oxygen atoms in total. The van der Waals surface area contributed by atoms with Crippen LogP contribution in [-0.4, -0.2) is 34.7 Å². The van der Waals surface area contributed by atoms with Crippen molar-refractivity contribution in [2.24, 2.45) is 0 Å². The first kappa shape index (κ1) is 51.6. The molecule has 8 heteroatoms. The van der Waals surface area contributed by atoms with Crippen LogP contribution in [0.5, 0.6) is 0 Å². The average Bonchev–Trinajstić information content (AvgIpc) is 3.86. The minimum Gasteiger partial charge on any atom is -0.434 e. The highest BCUT2D eigenvalue weighted by atomic mass is 16.7. The first-order valence-electron chi connectivity index (χ1n) is 26.7. The van der Waals surface area contributed by atoms with Crippen LogP contribution in [0, 0.1) is 0 Å². The summed E-state index contributed by atoms with van der Waals surface area (Å²) in [5, 5.41) is 2.34. The van der Waals surface area contributed by atoms with Gasteiger partial charge >= 0.3 is 12.3 Å². The van der Waals surface area contributed by atoms with Crippen molar-refractivity contribution in [3.8, 4) is 27.9 Å². The smallest absolute Gasteiger partial charge is 0.434 e. The highest BCUT2D eigenvalue weighted by molar-refractivity contribution is 6.10. The summed E-state index contributed by atoms with van der Waals surface area (Å²) in [6, 6.07) is 57.0. The van der Waals surface area contributed by atoms with E-state index in [1.165, 1.54) is 38.6 Å². The number of anilines is 3. The van der Waals surface area contributed by atoms with E-state index in [1.807, 2.05) is 39.8 Å². The highest BCUT2D eigenvalue weighted by Gasteiger charge is 2.36. The molecule has 9 rings (SSSR count). The second-order valence-electron chi connectivity index (χ2n) is 21.7.